The van der Waals surface area contributed by atoms with Crippen molar-refractivity contribution in [2.45, 2.75) is 6.92 Å². The summed E-state index contributed by atoms with van der Waals surface area (Å²) in [6.45, 7) is 1.76. The smallest absolute Gasteiger partial charge is 0.240 e. The molecule has 0 bridgehead atoms. The molecule has 0 aliphatic carbocycles. The summed E-state index contributed by atoms with van der Waals surface area (Å²) >= 11 is 3.24. The Morgan fingerprint density at radius 3 is 2.83 bits per heavy atom. The summed E-state index contributed by atoms with van der Waals surface area (Å²) in [7, 11) is 0. The van der Waals surface area contributed by atoms with Crippen molar-refractivity contribution in [2.24, 2.45) is 5.84 Å². The molecule has 1 aromatic heterocycles. The van der Waals surface area contributed by atoms with E-state index in [4.69, 9.17) is 10.6 Å². The highest BCUT2D eigenvalue weighted by molar-refractivity contribution is 9.10. The van der Waals surface area contributed by atoms with E-state index in [0.717, 1.165) is 0 Å². The largest absolute Gasteiger partial charge is 0.436 e. The number of hydrazine groups is 1. The average molecular weight is 313 g/mol. The molecule has 0 spiro atoms. The molecule has 3 N–H and O–H groups in total. The first-order valence-electron chi connectivity index (χ1n) is 5.03. The highest BCUT2D eigenvalue weighted by Crippen LogP contribution is 2.27. The molecule has 1 aromatic carbocycles. The number of nitrogens with zero attached hydrogens (tertiary/aromatic N) is 2. The predicted molar refractivity (Wildman–Crippen MR) is 68.8 cm³/mol. The topological polar surface area (TPSA) is 73.1 Å². The maximum absolute atomic E-state index is 13.5. The van der Waals surface area contributed by atoms with Crippen LogP contribution in [0.1, 0.15) is 5.69 Å². The van der Waals surface area contributed by atoms with Gasteiger partial charge in [0.15, 0.2) is 11.6 Å². The number of hydrogen-bond acceptors (Lipinski definition) is 5. The molecule has 0 unspecified atom stereocenters. The van der Waals surface area contributed by atoms with Gasteiger partial charge in [0.05, 0.1) is 0 Å². The Bertz CT molecular complexity index is 579. The highest BCUT2D eigenvalue weighted by atomic mass is 79.9. The molecule has 0 aliphatic rings. The van der Waals surface area contributed by atoms with Crippen LogP contribution in [0.3, 0.4) is 0 Å². The van der Waals surface area contributed by atoms with Crippen LogP contribution in [0.25, 0.3) is 0 Å². The van der Waals surface area contributed by atoms with Crippen LogP contribution in [0, 0.1) is 12.7 Å². The second-order valence-electron chi connectivity index (χ2n) is 3.49. The molecule has 0 fully saturated rings. The molecule has 1 heterocycles. The second-order valence-corrected chi connectivity index (χ2v) is 4.41. The Kier molecular flexibility index (Phi) is 3.73. The van der Waals surface area contributed by atoms with E-state index in [9.17, 15) is 4.39 Å². The van der Waals surface area contributed by atoms with E-state index in [2.05, 4.69) is 31.3 Å². The number of benzene rings is 1. The molecule has 0 atom stereocenters. The van der Waals surface area contributed by atoms with Crippen molar-refractivity contribution in [3.05, 3.63) is 40.2 Å². The van der Waals surface area contributed by atoms with Crippen molar-refractivity contribution in [3.63, 3.8) is 0 Å². The Labute approximate surface area is 111 Å². The molecule has 0 amide bonds. The number of hydrogen-bond donors (Lipinski definition) is 2. The van der Waals surface area contributed by atoms with Gasteiger partial charge in [-0.3, -0.25) is 5.43 Å². The van der Waals surface area contributed by atoms with Crippen LogP contribution in [-0.2, 0) is 0 Å². The minimum Gasteiger partial charge on any atom is -0.436 e. The number of aromatic nitrogens is 2. The van der Waals surface area contributed by atoms with Crippen LogP contribution < -0.4 is 16.0 Å². The molecule has 0 saturated heterocycles. The molecule has 5 nitrogen and oxygen atoms in total. The van der Waals surface area contributed by atoms with Crippen molar-refractivity contribution in [2.75, 3.05) is 5.43 Å². The van der Waals surface area contributed by atoms with Gasteiger partial charge in [-0.2, -0.15) is 4.98 Å². The van der Waals surface area contributed by atoms with Crippen molar-refractivity contribution < 1.29 is 9.13 Å². The number of nitrogen functional groups attached to an aromatic ring is 1. The number of nitrogens with two attached hydrogens (primary N) is 1. The quantitative estimate of drug-likeness (QED) is 0.673. The van der Waals surface area contributed by atoms with Gasteiger partial charge in [0, 0.05) is 16.2 Å². The molecule has 0 saturated carbocycles. The third-order valence-corrected chi connectivity index (χ3v) is 2.56. The van der Waals surface area contributed by atoms with Crippen molar-refractivity contribution in [1.82, 2.24) is 9.97 Å². The Morgan fingerprint density at radius 1 is 1.33 bits per heavy atom. The molecule has 18 heavy (non-hydrogen) atoms. The third-order valence-electron chi connectivity index (χ3n) is 2.07. The summed E-state index contributed by atoms with van der Waals surface area (Å²) in [5, 5.41) is 0. The van der Waals surface area contributed by atoms with E-state index in [0.29, 0.717) is 10.2 Å². The van der Waals surface area contributed by atoms with E-state index >= 15 is 0 Å². The minimum absolute atomic E-state index is 0.0745. The SMILES string of the molecule is Cc1cc(Oc2cc(Br)ccc2F)nc(NN)n1. The van der Waals surface area contributed by atoms with Crippen LogP contribution in [0.15, 0.2) is 28.7 Å². The number of ether oxygens (including phenoxy) is 1. The Hall–Kier alpha value is -1.73. The molecule has 7 heteroatoms. The van der Waals surface area contributed by atoms with E-state index in [1.807, 2.05) is 0 Å². The standard InChI is InChI=1S/C11H10BrFN4O/c1-6-4-10(16-11(15-6)17-14)18-9-5-7(12)2-3-8(9)13/h2-5H,14H2,1H3,(H,15,16,17). The lowest BCUT2D eigenvalue weighted by Crippen LogP contribution is -2.11. The zero-order valence-electron chi connectivity index (χ0n) is 9.45. The zero-order chi connectivity index (χ0) is 13.1. The van der Waals surface area contributed by atoms with Crippen LogP contribution in [0.2, 0.25) is 0 Å². The highest BCUT2D eigenvalue weighted by Gasteiger charge is 2.08. The number of rotatable bonds is 3. The fraction of sp³-hybridized carbons (Fsp3) is 0.0909. The van der Waals surface area contributed by atoms with Gasteiger partial charge < -0.3 is 4.74 Å². The van der Waals surface area contributed by atoms with Crippen LogP contribution in [0.4, 0.5) is 10.3 Å². The summed E-state index contributed by atoms with van der Waals surface area (Å²) in [6, 6.07) is 5.99. The fourth-order valence-corrected chi connectivity index (χ4v) is 1.66. The maximum Gasteiger partial charge on any atom is 0.240 e. The van der Waals surface area contributed by atoms with Crippen LogP contribution in [0.5, 0.6) is 11.6 Å². The minimum atomic E-state index is -0.475. The lowest BCUT2D eigenvalue weighted by atomic mass is 10.3. The summed E-state index contributed by atoms with van der Waals surface area (Å²) in [4.78, 5) is 7.97. The molecular weight excluding hydrogens is 303 g/mol. The Morgan fingerprint density at radius 2 is 2.11 bits per heavy atom. The number of nitrogens with one attached hydrogen (secondary N) is 1. The van der Waals surface area contributed by atoms with Crippen molar-refractivity contribution >= 4 is 21.9 Å². The van der Waals surface area contributed by atoms with Gasteiger partial charge in [-0.15, -0.1) is 0 Å². The molecule has 2 aromatic rings. The normalized spacial score (nSPS) is 10.2. The van der Waals surface area contributed by atoms with E-state index < -0.39 is 5.82 Å². The van der Waals surface area contributed by atoms with Gasteiger partial charge in [-0.05, 0) is 25.1 Å². The van der Waals surface area contributed by atoms with Gasteiger partial charge in [0.2, 0.25) is 11.8 Å². The Balaban J connectivity index is 2.33. The molecule has 0 radical (unpaired) electrons. The summed E-state index contributed by atoms with van der Waals surface area (Å²) in [5.74, 6) is 5.25. The number of aryl methyl sites for hydroxylation is 1. The van der Waals surface area contributed by atoms with Gasteiger partial charge in [-0.1, -0.05) is 15.9 Å². The summed E-state index contributed by atoms with van der Waals surface area (Å²) < 4.78 is 19.6. The number of anilines is 1. The second kappa shape index (κ2) is 5.28. The van der Waals surface area contributed by atoms with Gasteiger partial charge >= 0.3 is 0 Å². The lowest BCUT2D eigenvalue weighted by Gasteiger charge is -2.08. The lowest BCUT2D eigenvalue weighted by molar-refractivity contribution is 0.426. The van der Waals surface area contributed by atoms with Crippen molar-refractivity contribution in [1.29, 1.82) is 0 Å². The first-order chi connectivity index (χ1) is 8.58. The fourth-order valence-electron chi connectivity index (χ4n) is 1.32. The van der Waals surface area contributed by atoms with Gasteiger partial charge in [0.25, 0.3) is 0 Å². The third kappa shape index (κ3) is 2.93. The first-order valence-corrected chi connectivity index (χ1v) is 5.83. The zero-order valence-corrected chi connectivity index (χ0v) is 11.0. The average Bonchev–Trinajstić information content (AvgIpc) is 2.33. The summed E-state index contributed by atoms with van der Waals surface area (Å²) in [5.41, 5.74) is 2.97. The predicted octanol–water partition coefficient (Wildman–Crippen LogP) is 2.76. The monoisotopic (exact) mass is 312 g/mol. The van der Waals surface area contributed by atoms with Crippen LogP contribution >= 0.6 is 15.9 Å². The maximum atomic E-state index is 13.5. The van der Waals surface area contributed by atoms with E-state index in [1.54, 1.807) is 19.1 Å². The van der Waals surface area contributed by atoms with Gasteiger partial charge in [0.1, 0.15) is 0 Å². The number of halogens is 2. The summed E-state index contributed by atoms with van der Waals surface area (Å²) in [6.07, 6.45) is 0. The van der Waals surface area contributed by atoms with E-state index in [1.165, 1.54) is 12.1 Å². The molecule has 94 valence electrons. The van der Waals surface area contributed by atoms with Crippen LogP contribution in [-0.4, -0.2) is 9.97 Å². The molecule has 2 rings (SSSR count). The van der Waals surface area contributed by atoms with Crippen molar-refractivity contribution in [3.8, 4) is 11.6 Å². The van der Waals surface area contributed by atoms with Gasteiger partial charge in [-0.25, -0.2) is 15.2 Å². The molecular formula is C11H10BrFN4O. The molecule has 0 aliphatic heterocycles. The first kappa shape index (κ1) is 12.7. The van der Waals surface area contributed by atoms with E-state index in [-0.39, 0.29) is 17.6 Å².